The Bertz CT molecular complexity index is 859. The molecule has 0 amide bonds. The van der Waals surface area contributed by atoms with Gasteiger partial charge in [-0.05, 0) is 49.4 Å². The summed E-state index contributed by atoms with van der Waals surface area (Å²) in [6.07, 6.45) is 3.29. The summed E-state index contributed by atoms with van der Waals surface area (Å²) in [5.74, 6) is 0.772. The van der Waals surface area contributed by atoms with E-state index in [0.717, 1.165) is 28.3 Å². The second-order valence-electron chi connectivity index (χ2n) is 5.50. The molecule has 2 aromatic carbocycles. The number of carbonyl (C=O) groups is 1. The molecule has 4 heteroatoms. The Labute approximate surface area is 140 Å². The maximum atomic E-state index is 12.1. The molecule has 0 unspecified atom stereocenters. The maximum Gasteiger partial charge on any atom is 0.185 e. The number of H-pyrrole nitrogens is 1. The Morgan fingerprint density at radius 1 is 1.08 bits per heavy atom. The lowest BCUT2D eigenvalue weighted by Crippen LogP contribution is -1.93. The number of methoxy groups -OCH3 is 1. The van der Waals surface area contributed by atoms with Crippen LogP contribution in [-0.4, -0.2) is 23.1 Å². The van der Waals surface area contributed by atoms with Crippen molar-refractivity contribution in [1.82, 2.24) is 10.2 Å². The van der Waals surface area contributed by atoms with Crippen molar-refractivity contribution >= 4 is 11.9 Å². The molecule has 0 saturated carbocycles. The largest absolute Gasteiger partial charge is 0.497 e. The average Bonchev–Trinajstić information content (AvgIpc) is 3.09. The number of benzene rings is 2. The van der Waals surface area contributed by atoms with Gasteiger partial charge in [0.05, 0.1) is 18.5 Å². The summed E-state index contributed by atoms with van der Waals surface area (Å²) in [5, 5.41) is 7.20. The van der Waals surface area contributed by atoms with E-state index in [0.29, 0.717) is 5.56 Å². The third-order valence-electron chi connectivity index (χ3n) is 3.73. The number of ketones is 1. The van der Waals surface area contributed by atoms with Gasteiger partial charge in [0.2, 0.25) is 0 Å². The molecular formula is C20H18N2O2. The molecule has 1 heterocycles. The van der Waals surface area contributed by atoms with Crippen LogP contribution in [0.2, 0.25) is 0 Å². The predicted octanol–water partition coefficient (Wildman–Crippen LogP) is 4.29. The van der Waals surface area contributed by atoms with Gasteiger partial charge in [0, 0.05) is 11.1 Å². The number of rotatable bonds is 5. The number of hydrogen-bond donors (Lipinski definition) is 1. The minimum atomic E-state index is -0.0319. The van der Waals surface area contributed by atoms with Crippen LogP contribution in [0.25, 0.3) is 17.3 Å². The normalized spacial score (nSPS) is 10.9. The third kappa shape index (κ3) is 3.60. The van der Waals surface area contributed by atoms with Crippen molar-refractivity contribution < 1.29 is 9.53 Å². The molecule has 1 N–H and O–H groups in total. The number of allylic oxidation sites excluding steroid dienone is 1. The standard InChI is InChI=1S/C20H18N2O2/c1-14-3-5-16(6-4-14)20(23)12-9-17-13-19(22-21-17)15-7-10-18(24-2)11-8-15/h3-13H,1-2H3,(H,21,22). The highest BCUT2D eigenvalue weighted by Crippen LogP contribution is 2.21. The number of aryl methyl sites for hydroxylation is 1. The van der Waals surface area contributed by atoms with Crippen LogP contribution >= 0.6 is 0 Å². The van der Waals surface area contributed by atoms with Gasteiger partial charge in [0.1, 0.15) is 5.75 Å². The fraction of sp³-hybridized carbons (Fsp3) is 0.100. The van der Waals surface area contributed by atoms with Gasteiger partial charge in [0.25, 0.3) is 0 Å². The van der Waals surface area contributed by atoms with Crippen molar-refractivity contribution in [2.45, 2.75) is 6.92 Å². The maximum absolute atomic E-state index is 12.1. The molecule has 3 aromatic rings. The zero-order chi connectivity index (χ0) is 16.9. The Balaban J connectivity index is 1.73. The molecule has 0 fully saturated rings. The Kier molecular flexibility index (Phi) is 4.57. The lowest BCUT2D eigenvalue weighted by Gasteiger charge is -1.99. The molecule has 0 aliphatic rings. The SMILES string of the molecule is COc1ccc(-c2cc(C=CC(=O)c3ccc(C)cc3)[nH]n2)cc1. The fourth-order valence-electron chi connectivity index (χ4n) is 2.31. The molecule has 0 spiro atoms. The van der Waals surface area contributed by atoms with Crippen LogP contribution < -0.4 is 4.74 Å². The van der Waals surface area contributed by atoms with E-state index in [1.807, 2.05) is 61.5 Å². The van der Waals surface area contributed by atoms with E-state index in [1.165, 1.54) is 0 Å². The zero-order valence-corrected chi connectivity index (χ0v) is 13.6. The summed E-state index contributed by atoms with van der Waals surface area (Å²) in [7, 11) is 1.64. The minimum Gasteiger partial charge on any atom is -0.497 e. The van der Waals surface area contributed by atoms with Gasteiger partial charge in [-0.1, -0.05) is 29.8 Å². The number of ether oxygens (including phenoxy) is 1. The molecule has 0 bridgehead atoms. The monoisotopic (exact) mass is 318 g/mol. The van der Waals surface area contributed by atoms with Crippen LogP contribution in [0.3, 0.4) is 0 Å². The van der Waals surface area contributed by atoms with Crippen LogP contribution in [0, 0.1) is 6.92 Å². The number of aromatic amines is 1. The summed E-state index contributed by atoms with van der Waals surface area (Å²) in [5.41, 5.74) is 4.39. The molecule has 4 nitrogen and oxygen atoms in total. The molecule has 0 saturated heterocycles. The van der Waals surface area contributed by atoms with Gasteiger partial charge < -0.3 is 4.74 Å². The number of aromatic nitrogens is 2. The highest BCUT2D eigenvalue weighted by Gasteiger charge is 2.04. The van der Waals surface area contributed by atoms with Gasteiger partial charge in [-0.2, -0.15) is 5.10 Å². The van der Waals surface area contributed by atoms with E-state index >= 15 is 0 Å². The van der Waals surface area contributed by atoms with E-state index in [9.17, 15) is 4.79 Å². The second kappa shape index (κ2) is 6.96. The highest BCUT2D eigenvalue weighted by molar-refractivity contribution is 6.06. The first kappa shape index (κ1) is 15.7. The van der Waals surface area contributed by atoms with Gasteiger partial charge in [0.15, 0.2) is 5.78 Å². The predicted molar refractivity (Wildman–Crippen MR) is 95.1 cm³/mol. The summed E-state index contributed by atoms with van der Waals surface area (Å²) in [4.78, 5) is 12.1. The molecule has 0 aliphatic carbocycles. The Morgan fingerprint density at radius 3 is 2.46 bits per heavy atom. The first-order chi connectivity index (χ1) is 11.7. The summed E-state index contributed by atoms with van der Waals surface area (Å²) >= 11 is 0. The van der Waals surface area contributed by atoms with Gasteiger partial charge in [-0.15, -0.1) is 0 Å². The molecule has 0 atom stereocenters. The molecule has 3 rings (SSSR count). The van der Waals surface area contributed by atoms with Gasteiger partial charge in [-0.25, -0.2) is 0 Å². The first-order valence-electron chi connectivity index (χ1n) is 7.64. The summed E-state index contributed by atoms with van der Waals surface area (Å²) < 4.78 is 5.15. The molecule has 24 heavy (non-hydrogen) atoms. The Morgan fingerprint density at radius 2 is 1.79 bits per heavy atom. The number of nitrogens with one attached hydrogen (secondary N) is 1. The molecule has 0 radical (unpaired) electrons. The van der Waals surface area contributed by atoms with Gasteiger partial charge in [-0.3, -0.25) is 9.89 Å². The van der Waals surface area contributed by atoms with Crippen molar-refractivity contribution in [2.24, 2.45) is 0 Å². The van der Waals surface area contributed by atoms with Crippen LogP contribution in [-0.2, 0) is 0 Å². The number of carbonyl (C=O) groups excluding carboxylic acids is 1. The van der Waals surface area contributed by atoms with E-state index in [2.05, 4.69) is 10.2 Å². The minimum absolute atomic E-state index is 0.0319. The third-order valence-corrected chi connectivity index (χ3v) is 3.73. The zero-order valence-electron chi connectivity index (χ0n) is 13.6. The summed E-state index contributed by atoms with van der Waals surface area (Å²) in [6, 6.07) is 17.1. The van der Waals surface area contributed by atoms with Crippen molar-refractivity contribution in [1.29, 1.82) is 0 Å². The van der Waals surface area contributed by atoms with Crippen LogP contribution in [0.4, 0.5) is 0 Å². The van der Waals surface area contributed by atoms with E-state index in [1.54, 1.807) is 19.3 Å². The molecule has 120 valence electrons. The number of nitrogens with zero attached hydrogens (tertiary/aromatic N) is 1. The quantitative estimate of drug-likeness (QED) is 0.564. The Hall–Kier alpha value is -3.14. The van der Waals surface area contributed by atoms with E-state index < -0.39 is 0 Å². The average molecular weight is 318 g/mol. The second-order valence-corrected chi connectivity index (χ2v) is 5.50. The highest BCUT2D eigenvalue weighted by atomic mass is 16.5. The lowest BCUT2D eigenvalue weighted by molar-refractivity contribution is 0.104. The van der Waals surface area contributed by atoms with Crippen LogP contribution in [0.5, 0.6) is 5.75 Å². The van der Waals surface area contributed by atoms with Crippen molar-refractivity contribution in [3.63, 3.8) is 0 Å². The van der Waals surface area contributed by atoms with Crippen LogP contribution in [0.1, 0.15) is 21.6 Å². The first-order valence-corrected chi connectivity index (χ1v) is 7.64. The van der Waals surface area contributed by atoms with Crippen LogP contribution in [0.15, 0.2) is 60.7 Å². The lowest BCUT2D eigenvalue weighted by atomic mass is 10.1. The summed E-state index contributed by atoms with van der Waals surface area (Å²) in [6.45, 7) is 2.00. The topological polar surface area (TPSA) is 55.0 Å². The smallest absolute Gasteiger partial charge is 0.185 e. The molecule has 0 aliphatic heterocycles. The van der Waals surface area contributed by atoms with Gasteiger partial charge >= 0.3 is 0 Å². The van der Waals surface area contributed by atoms with Crippen molar-refractivity contribution in [2.75, 3.05) is 7.11 Å². The fourth-order valence-corrected chi connectivity index (χ4v) is 2.31. The van der Waals surface area contributed by atoms with Crippen molar-refractivity contribution in [3.05, 3.63) is 77.5 Å². The van der Waals surface area contributed by atoms with E-state index in [-0.39, 0.29) is 5.78 Å². The molecular weight excluding hydrogens is 300 g/mol. The number of hydrogen-bond acceptors (Lipinski definition) is 3. The van der Waals surface area contributed by atoms with E-state index in [4.69, 9.17) is 4.74 Å². The molecule has 1 aromatic heterocycles. The van der Waals surface area contributed by atoms with Crippen molar-refractivity contribution in [3.8, 4) is 17.0 Å².